The van der Waals surface area contributed by atoms with E-state index in [0.29, 0.717) is 13.1 Å². The van der Waals surface area contributed by atoms with Crippen molar-refractivity contribution in [2.45, 2.75) is 33.5 Å². The molecule has 0 spiro atoms. The zero-order chi connectivity index (χ0) is 20.1. The first kappa shape index (κ1) is 20.3. The van der Waals surface area contributed by atoms with Gasteiger partial charge in [0, 0.05) is 31.7 Å². The molecule has 0 atom stereocenters. The first-order valence-electron chi connectivity index (χ1n) is 10.0. The van der Waals surface area contributed by atoms with Crippen LogP contribution in [0.1, 0.15) is 23.6 Å². The Balaban J connectivity index is 1.96. The van der Waals surface area contributed by atoms with Gasteiger partial charge in [-0.05, 0) is 56.2 Å². The minimum atomic E-state index is 0.131. The summed E-state index contributed by atoms with van der Waals surface area (Å²) in [7, 11) is 4.09. The molecule has 1 heterocycles. The van der Waals surface area contributed by atoms with Crippen LogP contribution in [0, 0.1) is 6.92 Å². The molecule has 0 fully saturated rings. The fraction of sp³-hybridized carbons (Fsp3) is 0.375. The van der Waals surface area contributed by atoms with E-state index in [1.807, 2.05) is 24.7 Å². The van der Waals surface area contributed by atoms with Gasteiger partial charge in [-0.15, -0.1) is 0 Å². The highest BCUT2D eigenvalue weighted by Crippen LogP contribution is 2.17. The van der Waals surface area contributed by atoms with Crippen LogP contribution >= 0.6 is 0 Å². The molecule has 0 N–H and O–H groups in total. The van der Waals surface area contributed by atoms with Crippen molar-refractivity contribution in [1.29, 1.82) is 0 Å². The molecule has 0 aliphatic heterocycles. The molecule has 0 saturated heterocycles. The Labute approximate surface area is 168 Å². The molecular weight excluding hydrogens is 346 g/mol. The third kappa shape index (κ3) is 4.89. The summed E-state index contributed by atoms with van der Waals surface area (Å²) in [6.45, 7) is 8.18. The molecule has 0 aliphatic carbocycles. The van der Waals surface area contributed by atoms with Gasteiger partial charge in [-0.25, -0.2) is 0 Å². The van der Waals surface area contributed by atoms with E-state index in [-0.39, 0.29) is 5.56 Å². The predicted octanol–water partition coefficient (Wildman–Crippen LogP) is 3.89. The molecule has 148 valence electrons. The van der Waals surface area contributed by atoms with Gasteiger partial charge < -0.3 is 9.47 Å². The van der Waals surface area contributed by atoms with E-state index in [1.54, 1.807) is 0 Å². The lowest BCUT2D eigenvalue weighted by molar-refractivity contribution is 0.269. The number of fused-ring (bicyclic) bond motifs is 1. The van der Waals surface area contributed by atoms with E-state index in [1.165, 1.54) is 11.1 Å². The summed E-state index contributed by atoms with van der Waals surface area (Å²) in [5, 5.41) is 1.13. The lowest BCUT2D eigenvalue weighted by atomic mass is 10.1. The maximum Gasteiger partial charge on any atom is 0.255 e. The first-order valence-corrected chi connectivity index (χ1v) is 10.0. The molecule has 4 nitrogen and oxygen atoms in total. The van der Waals surface area contributed by atoms with E-state index >= 15 is 0 Å². The molecule has 3 aromatic rings. The van der Waals surface area contributed by atoms with Crippen LogP contribution in [-0.2, 0) is 19.6 Å². The molecular formula is C24H31N3O. The fourth-order valence-corrected chi connectivity index (χ4v) is 3.54. The van der Waals surface area contributed by atoms with Crippen molar-refractivity contribution < 1.29 is 0 Å². The van der Waals surface area contributed by atoms with Gasteiger partial charge in [-0.3, -0.25) is 9.69 Å². The normalized spacial score (nSPS) is 11.6. The van der Waals surface area contributed by atoms with E-state index in [0.717, 1.165) is 36.1 Å². The van der Waals surface area contributed by atoms with Crippen molar-refractivity contribution in [3.63, 3.8) is 0 Å². The Bertz CT molecular complexity index is 976. The molecule has 0 radical (unpaired) electrons. The van der Waals surface area contributed by atoms with Crippen molar-refractivity contribution in [3.05, 3.63) is 81.6 Å². The molecule has 1 aromatic heterocycles. The predicted molar refractivity (Wildman–Crippen MR) is 118 cm³/mol. The van der Waals surface area contributed by atoms with Gasteiger partial charge in [-0.2, -0.15) is 0 Å². The number of rotatable bonds is 8. The maximum atomic E-state index is 13.3. The van der Waals surface area contributed by atoms with E-state index in [2.05, 4.69) is 72.2 Å². The molecule has 3 rings (SSSR count). The van der Waals surface area contributed by atoms with Gasteiger partial charge in [0.1, 0.15) is 0 Å². The number of aromatic nitrogens is 1. The summed E-state index contributed by atoms with van der Waals surface area (Å²) in [5.74, 6) is 0. The topological polar surface area (TPSA) is 28.5 Å². The van der Waals surface area contributed by atoms with Crippen LogP contribution in [0.2, 0.25) is 0 Å². The summed E-state index contributed by atoms with van der Waals surface area (Å²) in [4.78, 5) is 17.8. The van der Waals surface area contributed by atoms with Gasteiger partial charge >= 0.3 is 0 Å². The molecule has 0 amide bonds. The number of hydrogen-bond donors (Lipinski definition) is 0. The molecule has 0 aliphatic rings. The van der Waals surface area contributed by atoms with E-state index in [4.69, 9.17) is 0 Å². The lowest BCUT2D eigenvalue weighted by Gasteiger charge is -2.22. The Hall–Kier alpha value is -2.43. The average molecular weight is 378 g/mol. The molecule has 4 heteroatoms. The Morgan fingerprint density at radius 2 is 1.71 bits per heavy atom. The molecule has 0 unspecified atom stereocenters. The average Bonchev–Trinajstić information content (AvgIpc) is 2.68. The second-order valence-corrected chi connectivity index (χ2v) is 7.78. The van der Waals surface area contributed by atoms with Crippen molar-refractivity contribution in [1.82, 2.24) is 14.4 Å². The fourth-order valence-electron chi connectivity index (χ4n) is 3.54. The highest BCUT2D eigenvalue weighted by molar-refractivity contribution is 5.80. The monoisotopic (exact) mass is 377 g/mol. The quantitative estimate of drug-likeness (QED) is 0.596. The minimum absolute atomic E-state index is 0.131. The smallest absolute Gasteiger partial charge is 0.255 e. The highest BCUT2D eigenvalue weighted by atomic mass is 16.1. The number of aryl methyl sites for hydroxylation is 1. The van der Waals surface area contributed by atoms with Crippen LogP contribution in [0.25, 0.3) is 10.9 Å². The third-order valence-corrected chi connectivity index (χ3v) is 5.19. The second-order valence-electron chi connectivity index (χ2n) is 7.78. The van der Waals surface area contributed by atoms with Gasteiger partial charge in [0.2, 0.25) is 0 Å². The number of hydrogen-bond acceptors (Lipinski definition) is 3. The van der Waals surface area contributed by atoms with Crippen molar-refractivity contribution in [3.8, 4) is 0 Å². The van der Waals surface area contributed by atoms with Crippen LogP contribution in [0.3, 0.4) is 0 Å². The lowest BCUT2D eigenvalue weighted by Crippen LogP contribution is -2.32. The Morgan fingerprint density at radius 1 is 0.964 bits per heavy atom. The van der Waals surface area contributed by atoms with Crippen molar-refractivity contribution >= 4 is 10.9 Å². The molecule has 0 bridgehead atoms. The van der Waals surface area contributed by atoms with Crippen molar-refractivity contribution in [2.75, 3.05) is 27.2 Å². The number of pyridine rings is 1. The largest absolute Gasteiger partial charge is 0.308 e. The van der Waals surface area contributed by atoms with Crippen LogP contribution in [-0.4, -0.2) is 41.6 Å². The maximum absolute atomic E-state index is 13.3. The van der Waals surface area contributed by atoms with Gasteiger partial charge in [0.05, 0.1) is 5.52 Å². The number of benzene rings is 2. The zero-order valence-corrected chi connectivity index (χ0v) is 17.5. The van der Waals surface area contributed by atoms with Crippen LogP contribution in [0.5, 0.6) is 0 Å². The highest BCUT2D eigenvalue weighted by Gasteiger charge is 2.13. The molecule has 0 saturated carbocycles. The first-order chi connectivity index (χ1) is 13.5. The molecule has 28 heavy (non-hydrogen) atoms. The minimum Gasteiger partial charge on any atom is -0.308 e. The Kier molecular flexibility index (Phi) is 6.65. The molecule has 2 aromatic carbocycles. The number of nitrogens with zero attached hydrogens (tertiary/aromatic N) is 3. The number of likely N-dealkylation sites (N-methyl/N-ethyl adjacent to an activating group) is 1. The van der Waals surface area contributed by atoms with Crippen LogP contribution in [0.4, 0.5) is 0 Å². The standard InChI is InChI=1S/C24H31N3O/c1-5-26(17-20-9-7-6-8-10-20)18-22-16-21-12-11-19(2)15-23(21)27(24(22)28)14-13-25(3)4/h6-12,15-16H,5,13-14,17-18H2,1-4H3. The summed E-state index contributed by atoms with van der Waals surface area (Å²) in [6.07, 6.45) is 0. The van der Waals surface area contributed by atoms with Gasteiger partial charge in [0.25, 0.3) is 5.56 Å². The summed E-state index contributed by atoms with van der Waals surface area (Å²) in [5.41, 5.74) is 4.48. The zero-order valence-electron chi connectivity index (χ0n) is 17.5. The summed E-state index contributed by atoms with van der Waals surface area (Å²) in [6, 6.07) is 18.9. The Morgan fingerprint density at radius 3 is 2.39 bits per heavy atom. The van der Waals surface area contributed by atoms with E-state index < -0.39 is 0 Å². The van der Waals surface area contributed by atoms with E-state index in [9.17, 15) is 4.79 Å². The SMILES string of the molecule is CCN(Cc1ccccc1)Cc1cc2ccc(C)cc2n(CCN(C)C)c1=O. The van der Waals surface area contributed by atoms with Gasteiger partial charge in [0.15, 0.2) is 0 Å². The third-order valence-electron chi connectivity index (χ3n) is 5.19. The van der Waals surface area contributed by atoms with Gasteiger partial charge in [-0.1, -0.05) is 49.4 Å². The van der Waals surface area contributed by atoms with Crippen molar-refractivity contribution in [2.24, 2.45) is 0 Å². The van der Waals surface area contributed by atoms with Crippen LogP contribution < -0.4 is 5.56 Å². The summed E-state index contributed by atoms with van der Waals surface area (Å²) < 4.78 is 1.95. The van der Waals surface area contributed by atoms with Crippen LogP contribution in [0.15, 0.2) is 59.4 Å². The second kappa shape index (κ2) is 9.18. The summed E-state index contributed by atoms with van der Waals surface area (Å²) >= 11 is 0.